The molecular formula is C15H28FN4O14P3S. The van der Waals surface area contributed by atoms with E-state index in [0.29, 0.717) is 5.39 Å². The molecule has 220 valence electrons. The highest BCUT2D eigenvalue weighted by Gasteiger charge is 2.44. The van der Waals surface area contributed by atoms with Gasteiger partial charge in [0.1, 0.15) is 24.1 Å². The summed E-state index contributed by atoms with van der Waals surface area (Å²) in [5.41, 5.74) is -0.805. The molecular weight excluding hydrogens is 604 g/mol. The van der Waals surface area contributed by atoms with Crippen LogP contribution in [-0.2, 0) is 31.6 Å². The highest BCUT2D eigenvalue weighted by Crippen LogP contribution is 2.61. The van der Waals surface area contributed by atoms with Gasteiger partial charge in [0.25, 0.3) is 29.0 Å². The van der Waals surface area contributed by atoms with Crippen LogP contribution in [0.4, 0.5) is 4.39 Å². The molecule has 1 aromatic carbocycles. The predicted octanol–water partition coefficient (Wildman–Crippen LogP) is 0.0576. The number of aliphatic hydroxyl groups excluding tert-OH is 2. The van der Waals surface area contributed by atoms with Crippen LogP contribution >= 0.6 is 35.2 Å². The number of thioether (sulfide) groups is 1. The fourth-order valence-electron chi connectivity index (χ4n) is 3.17. The first-order valence-electron chi connectivity index (χ1n) is 9.17. The van der Waals surface area contributed by atoms with E-state index < -0.39 is 66.0 Å². The minimum absolute atomic E-state index is 0. The quantitative estimate of drug-likeness (QED) is 0.157. The molecule has 1 fully saturated rings. The van der Waals surface area contributed by atoms with Crippen molar-refractivity contribution < 1.29 is 65.8 Å². The molecule has 1 aliphatic rings. The first-order chi connectivity index (χ1) is 16.0. The van der Waals surface area contributed by atoms with E-state index >= 15 is 0 Å². The molecule has 2 aromatic rings. The van der Waals surface area contributed by atoms with Gasteiger partial charge in [0.2, 0.25) is 0 Å². The number of quaternary nitrogens is 3. The van der Waals surface area contributed by atoms with E-state index in [9.17, 15) is 47.8 Å². The second kappa shape index (κ2) is 13.5. The number of halogens is 1. The van der Waals surface area contributed by atoms with Crippen molar-refractivity contribution in [3.05, 3.63) is 40.6 Å². The van der Waals surface area contributed by atoms with Crippen LogP contribution in [0.15, 0.2) is 34.1 Å². The molecule has 15 N–H and O–H groups in total. The molecule has 1 saturated heterocycles. The molecule has 3 unspecified atom stereocenters. The lowest BCUT2D eigenvalue weighted by Gasteiger charge is -2.33. The van der Waals surface area contributed by atoms with Gasteiger partial charge in [0.15, 0.2) is 6.23 Å². The Morgan fingerprint density at radius 2 is 1.68 bits per heavy atom. The molecule has 0 bridgehead atoms. The topological polar surface area (TPSA) is 350 Å². The Morgan fingerprint density at radius 1 is 1.08 bits per heavy atom. The van der Waals surface area contributed by atoms with Gasteiger partial charge >= 0.3 is 0 Å². The maximum atomic E-state index is 14.2. The van der Waals surface area contributed by atoms with Crippen LogP contribution in [0, 0.1) is 5.82 Å². The smallest absolute Gasteiger partial charge is 0.280 e. The third-order valence-electron chi connectivity index (χ3n) is 4.62. The summed E-state index contributed by atoms with van der Waals surface area (Å²) < 4.78 is 64.4. The van der Waals surface area contributed by atoms with Gasteiger partial charge in [-0.15, -0.1) is 11.8 Å². The zero-order valence-electron chi connectivity index (χ0n) is 20.2. The summed E-state index contributed by atoms with van der Waals surface area (Å²) in [4.78, 5) is 54.8. The number of ether oxygens (including phenoxy) is 1. The molecule has 23 heteroatoms. The molecule has 38 heavy (non-hydrogen) atoms. The molecule has 7 atom stereocenters. The van der Waals surface area contributed by atoms with E-state index in [-0.39, 0.29) is 28.7 Å². The summed E-state index contributed by atoms with van der Waals surface area (Å²) in [6.45, 7) is -1.16. The Labute approximate surface area is 217 Å². The summed E-state index contributed by atoms with van der Waals surface area (Å²) in [6, 6.07) is 3.84. The number of phosphoric ester groups is 1. The monoisotopic (exact) mass is 632 g/mol. The van der Waals surface area contributed by atoms with Gasteiger partial charge in [-0.2, -0.15) is 0 Å². The lowest BCUT2D eigenvalue weighted by Crippen LogP contribution is -2.35. The molecule has 0 radical (unpaired) electrons. The minimum atomic E-state index is -6.13. The number of phosphoric acid groups is 3. The average molecular weight is 632 g/mol. The first-order valence-corrected chi connectivity index (χ1v) is 14.8. The van der Waals surface area contributed by atoms with Crippen LogP contribution < -0.4 is 38.7 Å². The normalized spacial score (nSPS) is 25.7. The zero-order chi connectivity index (χ0) is 26.3. The average Bonchev–Trinajstić information content (AvgIpc) is 2.98. The van der Waals surface area contributed by atoms with Crippen molar-refractivity contribution in [1.82, 2.24) is 23.0 Å². The van der Waals surface area contributed by atoms with Gasteiger partial charge in [-0.05, 0) is 29.8 Å². The Balaban J connectivity index is 0.00000456. The predicted molar refractivity (Wildman–Crippen MR) is 127 cm³/mol. The van der Waals surface area contributed by atoms with Crippen molar-refractivity contribution in [3.8, 4) is 0 Å². The fraction of sp³-hybridized carbons (Fsp3) is 0.400. The Kier molecular flexibility index (Phi) is 13.1. The molecule has 18 nitrogen and oxygen atoms in total. The third kappa shape index (κ3) is 8.69. The number of nitrogens with zero attached hydrogens (tertiary/aromatic N) is 1. The van der Waals surface area contributed by atoms with Crippen LogP contribution in [0.25, 0.3) is 10.8 Å². The van der Waals surface area contributed by atoms with Gasteiger partial charge in [-0.3, -0.25) is 23.1 Å². The van der Waals surface area contributed by atoms with Gasteiger partial charge in [0, 0.05) is 11.1 Å². The molecule has 0 saturated carbocycles. The number of aliphatic hydroxyl groups is 2. The van der Waals surface area contributed by atoms with E-state index in [4.69, 9.17) is 9.63 Å². The second-order valence-electron chi connectivity index (χ2n) is 6.97. The number of hydrogen-bond acceptors (Lipinski definition) is 14. The van der Waals surface area contributed by atoms with E-state index in [0.717, 1.165) is 22.4 Å². The van der Waals surface area contributed by atoms with Crippen LogP contribution in [0.1, 0.15) is 6.23 Å². The molecule has 1 aliphatic heterocycles. The van der Waals surface area contributed by atoms with Crippen LogP contribution in [0.3, 0.4) is 0 Å². The lowest BCUT2D eigenvalue weighted by atomic mass is 10.1. The van der Waals surface area contributed by atoms with Gasteiger partial charge in [0.05, 0.1) is 12.0 Å². The Hall–Kier alpha value is -1.12. The van der Waals surface area contributed by atoms with E-state index in [1.54, 1.807) is 6.26 Å². The van der Waals surface area contributed by atoms with Crippen LogP contribution in [0.2, 0.25) is 0 Å². The highest BCUT2D eigenvalue weighted by molar-refractivity contribution is 7.98. The van der Waals surface area contributed by atoms with E-state index in [2.05, 4.69) is 13.1 Å². The largest absolute Gasteiger partial charge is 0.756 e. The zero-order valence-corrected chi connectivity index (χ0v) is 23.7. The van der Waals surface area contributed by atoms with Crippen LogP contribution in [-0.4, -0.2) is 50.8 Å². The van der Waals surface area contributed by atoms with Gasteiger partial charge in [-0.25, -0.2) is 13.0 Å². The van der Waals surface area contributed by atoms with Gasteiger partial charge < -0.3 is 57.5 Å². The summed E-state index contributed by atoms with van der Waals surface area (Å²) in [6.07, 6.45) is -4.07. The Morgan fingerprint density at radius 3 is 2.24 bits per heavy atom. The first kappa shape index (κ1) is 36.9. The number of benzene rings is 1. The minimum Gasteiger partial charge on any atom is -0.756 e. The molecule has 0 spiro atoms. The number of aromatic nitrogens is 1. The van der Waals surface area contributed by atoms with Crippen molar-refractivity contribution in [2.24, 2.45) is 0 Å². The number of fused-ring (bicyclic) bond motifs is 1. The maximum Gasteiger partial charge on any atom is 0.280 e. The highest BCUT2D eigenvalue weighted by atomic mass is 32.2. The fourth-order valence-corrected chi connectivity index (χ4v) is 6.56. The molecule has 1 aromatic heterocycles. The van der Waals surface area contributed by atoms with Crippen LogP contribution in [0.5, 0.6) is 0 Å². The summed E-state index contributed by atoms with van der Waals surface area (Å²) in [7, 11) is -17.9. The lowest BCUT2D eigenvalue weighted by molar-refractivity contribution is -0.250. The molecule has 0 amide bonds. The van der Waals surface area contributed by atoms with Crippen molar-refractivity contribution in [3.63, 3.8) is 0 Å². The Bertz CT molecular complexity index is 1330. The SMILES string of the molecule is CSc1cc2ccn([C@@H]3O[C@H](COP(=O)([O-])OP(=O)([O-])OP(=O)([O-])O)[C@@H](O)[C@H]3O)c(=O)c2cc1F.[NH4+].[NH4+].[NH4+]. The standard InChI is InChI=1S/C15H19FNO14P3S.3H3N/c1-35-11-4-7-2-3-17(14(20)8(7)5-9(11)16)15-13(19)12(18)10(29-15)6-28-33(24,25)31-34(26,27)30-32(21,22)23;;;/h2-5,10,12-13,15,18-19H,6H2,1H3,(H,24,25)(H,26,27)(H2,21,22,23);3*1H3/t10-,12-,13-,15-;;;/m1.../s1. The number of pyridine rings is 1. The third-order valence-corrected chi connectivity index (χ3v) is 9.06. The molecule has 0 aliphatic carbocycles. The maximum absolute atomic E-state index is 14.2. The van der Waals surface area contributed by atoms with Gasteiger partial charge in [-0.1, -0.05) is 0 Å². The van der Waals surface area contributed by atoms with Crippen molar-refractivity contribution in [2.45, 2.75) is 29.4 Å². The van der Waals surface area contributed by atoms with E-state index in [1.807, 2.05) is 0 Å². The van der Waals surface area contributed by atoms with E-state index in [1.165, 1.54) is 18.3 Å². The molecule has 3 rings (SSSR count). The van der Waals surface area contributed by atoms with Crippen molar-refractivity contribution in [2.75, 3.05) is 12.9 Å². The van der Waals surface area contributed by atoms with Crippen molar-refractivity contribution >= 4 is 46.0 Å². The number of hydrogen-bond donors (Lipinski definition) is 6. The molecule has 2 heterocycles. The van der Waals surface area contributed by atoms with Crippen molar-refractivity contribution in [1.29, 1.82) is 0 Å². The summed E-state index contributed by atoms with van der Waals surface area (Å²) >= 11 is 1.12. The summed E-state index contributed by atoms with van der Waals surface area (Å²) in [5, 5.41) is 20.8. The summed E-state index contributed by atoms with van der Waals surface area (Å²) in [5.74, 6) is -0.667. The number of rotatable bonds is 9. The second-order valence-corrected chi connectivity index (χ2v) is 12.1.